The van der Waals surface area contributed by atoms with Crippen LogP contribution in [0.3, 0.4) is 0 Å². The number of rotatable bonds is 4. The average Bonchev–Trinajstić information content (AvgIpc) is 2.85. The number of carbonyl (C=O) groups excluding carboxylic acids is 2. The zero-order valence-corrected chi connectivity index (χ0v) is 14.0. The lowest BCUT2D eigenvalue weighted by molar-refractivity contribution is -0.126. The molecule has 3 rings (SSSR count). The fourth-order valence-electron chi connectivity index (χ4n) is 2.70. The number of benzene rings is 2. The molecule has 0 unspecified atom stereocenters. The fourth-order valence-corrected chi connectivity index (χ4v) is 2.79. The van der Waals surface area contributed by atoms with Crippen LogP contribution in [0.2, 0.25) is 0 Å². The Bertz CT molecular complexity index is 713. The maximum Gasteiger partial charge on any atom is 0.259 e. The highest BCUT2D eigenvalue weighted by Gasteiger charge is 2.46. The fraction of sp³-hybridized carbons (Fsp3) is 0.158. The topological polar surface area (TPSA) is 40.6 Å². The van der Waals surface area contributed by atoms with Crippen LogP contribution < -0.4 is 10.0 Å². The van der Waals surface area contributed by atoms with Gasteiger partial charge in [0.2, 0.25) is 0 Å². The number of nitrogens with zero attached hydrogens (tertiary/aromatic N) is 2. The summed E-state index contributed by atoms with van der Waals surface area (Å²) in [5.41, 5.74) is 1.32. The normalized spacial score (nSPS) is 16.2. The Morgan fingerprint density at radius 2 is 1.33 bits per heavy atom. The van der Waals surface area contributed by atoms with Gasteiger partial charge in [-0.05, 0) is 37.6 Å². The lowest BCUT2D eigenvalue weighted by Gasteiger charge is -2.27. The first-order valence-electron chi connectivity index (χ1n) is 7.70. The molecule has 1 aliphatic heterocycles. The maximum atomic E-state index is 12.9. The number of allylic oxidation sites excluding steroid dienone is 2. The number of halogens is 1. The summed E-state index contributed by atoms with van der Waals surface area (Å²) in [4.78, 5) is 25.8. The zero-order valence-electron chi connectivity index (χ0n) is 13.2. The molecule has 0 bridgehead atoms. The molecule has 0 spiro atoms. The van der Waals surface area contributed by atoms with Crippen molar-refractivity contribution in [1.29, 1.82) is 0 Å². The molecule has 0 aromatic heterocycles. The molecule has 122 valence electrons. The predicted molar refractivity (Wildman–Crippen MR) is 95.6 cm³/mol. The van der Waals surface area contributed by atoms with Gasteiger partial charge in [-0.15, -0.1) is 0 Å². The number of hydrogen-bond acceptors (Lipinski definition) is 2. The van der Waals surface area contributed by atoms with Gasteiger partial charge in [-0.1, -0.05) is 54.1 Å². The molecule has 2 aromatic rings. The van der Waals surface area contributed by atoms with Crippen molar-refractivity contribution in [1.82, 2.24) is 0 Å². The Hall–Kier alpha value is -2.59. The summed E-state index contributed by atoms with van der Waals surface area (Å²) in [6.45, 7) is 1.73. The summed E-state index contributed by atoms with van der Waals surface area (Å²) < 4.78 is 0. The Morgan fingerprint density at radius 1 is 0.917 bits per heavy atom. The van der Waals surface area contributed by atoms with Gasteiger partial charge in [0.1, 0.15) is 5.92 Å². The van der Waals surface area contributed by atoms with Crippen molar-refractivity contribution in [3.8, 4) is 0 Å². The van der Waals surface area contributed by atoms with Crippen LogP contribution in [0.5, 0.6) is 0 Å². The summed E-state index contributed by atoms with van der Waals surface area (Å²) in [6, 6.07) is 18.3. The van der Waals surface area contributed by atoms with E-state index in [-0.39, 0.29) is 11.8 Å². The Morgan fingerprint density at radius 3 is 1.71 bits per heavy atom. The van der Waals surface area contributed by atoms with Crippen LogP contribution in [0.25, 0.3) is 0 Å². The molecule has 5 heteroatoms. The molecule has 24 heavy (non-hydrogen) atoms. The van der Waals surface area contributed by atoms with Crippen LogP contribution >= 0.6 is 11.6 Å². The molecule has 0 atom stereocenters. The number of hydrazine groups is 1. The highest BCUT2D eigenvalue weighted by molar-refractivity contribution is 6.29. The van der Waals surface area contributed by atoms with Crippen molar-refractivity contribution >= 4 is 34.8 Å². The third kappa shape index (κ3) is 3.05. The first-order chi connectivity index (χ1) is 11.6. The first-order valence-corrected chi connectivity index (χ1v) is 8.07. The number of para-hydroxylation sites is 2. The molecule has 0 saturated carbocycles. The van der Waals surface area contributed by atoms with Gasteiger partial charge in [0.25, 0.3) is 11.8 Å². The summed E-state index contributed by atoms with van der Waals surface area (Å²) >= 11 is 5.87. The van der Waals surface area contributed by atoms with Gasteiger partial charge in [-0.25, -0.2) is 10.0 Å². The lowest BCUT2D eigenvalue weighted by Crippen LogP contribution is -2.41. The van der Waals surface area contributed by atoms with E-state index in [0.29, 0.717) is 22.8 Å². The second-order valence-electron chi connectivity index (χ2n) is 5.55. The van der Waals surface area contributed by atoms with Crippen molar-refractivity contribution in [3.63, 3.8) is 0 Å². The van der Waals surface area contributed by atoms with E-state index in [1.54, 1.807) is 13.0 Å². The van der Waals surface area contributed by atoms with Crippen molar-refractivity contribution in [2.45, 2.75) is 13.3 Å². The van der Waals surface area contributed by atoms with E-state index in [9.17, 15) is 9.59 Å². The molecule has 4 nitrogen and oxygen atoms in total. The second-order valence-corrected chi connectivity index (χ2v) is 6.15. The molecule has 0 radical (unpaired) electrons. The molecular weight excluding hydrogens is 324 g/mol. The van der Waals surface area contributed by atoms with E-state index in [1.165, 1.54) is 10.0 Å². The van der Waals surface area contributed by atoms with Crippen LogP contribution in [0.15, 0.2) is 71.8 Å². The smallest absolute Gasteiger partial charge is 0.259 e. The molecule has 1 saturated heterocycles. The van der Waals surface area contributed by atoms with Crippen LogP contribution in [0.1, 0.15) is 13.3 Å². The largest absolute Gasteiger partial charge is 0.272 e. The molecule has 1 heterocycles. The van der Waals surface area contributed by atoms with Crippen LogP contribution in [-0.4, -0.2) is 11.8 Å². The van der Waals surface area contributed by atoms with E-state index in [1.807, 2.05) is 60.7 Å². The molecule has 1 fully saturated rings. The summed E-state index contributed by atoms with van der Waals surface area (Å²) in [5, 5.41) is 3.46. The van der Waals surface area contributed by atoms with Crippen LogP contribution in [-0.2, 0) is 9.59 Å². The van der Waals surface area contributed by atoms with Gasteiger partial charge < -0.3 is 0 Å². The van der Waals surface area contributed by atoms with Crippen molar-refractivity contribution in [2.24, 2.45) is 5.92 Å². The minimum absolute atomic E-state index is 0.246. The number of hydrogen-bond donors (Lipinski definition) is 0. The van der Waals surface area contributed by atoms with E-state index < -0.39 is 5.92 Å². The van der Waals surface area contributed by atoms with E-state index in [2.05, 4.69) is 0 Å². The van der Waals surface area contributed by atoms with Gasteiger partial charge in [0.15, 0.2) is 0 Å². The molecule has 1 aliphatic rings. The Kier molecular flexibility index (Phi) is 4.67. The van der Waals surface area contributed by atoms with Gasteiger partial charge >= 0.3 is 0 Å². The summed E-state index contributed by atoms with van der Waals surface area (Å²) in [5.74, 6) is -1.26. The van der Waals surface area contributed by atoms with Gasteiger partial charge in [0.05, 0.1) is 11.4 Å². The highest BCUT2D eigenvalue weighted by atomic mass is 35.5. The minimum Gasteiger partial charge on any atom is -0.272 e. The predicted octanol–water partition coefficient (Wildman–Crippen LogP) is 4.13. The van der Waals surface area contributed by atoms with Crippen molar-refractivity contribution in [2.75, 3.05) is 10.0 Å². The third-order valence-corrected chi connectivity index (χ3v) is 4.00. The van der Waals surface area contributed by atoms with Gasteiger partial charge in [-0.2, -0.15) is 0 Å². The summed E-state index contributed by atoms with van der Waals surface area (Å²) in [7, 11) is 0. The lowest BCUT2D eigenvalue weighted by atomic mass is 10.0. The highest BCUT2D eigenvalue weighted by Crippen LogP contribution is 2.33. The number of carbonyl (C=O) groups is 2. The van der Waals surface area contributed by atoms with E-state index in [0.717, 1.165) is 0 Å². The average molecular weight is 341 g/mol. The van der Waals surface area contributed by atoms with Gasteiger partial charge in [0, 0.05) is 5.03 Å². The Labute approximate surface area is 145 Å². The standard InChI is InChI=1S/C19H17ClN2O2/c1-14(20)12-13-17-18(23)21(15-8-4-2-5-9-15)22(19(17)24)16-10-6-3-7-11-16/h2-12,17H,13H2,1H3. The first kappa shape index (κ1) is 16.3. The van der Waals surface area contributed by atoms with Gasteiger partial charge in [-0.3, -0.25) is 9.59 Å². The van der Waals surface area contributed by atoms with Crippen LogP contribution in [0, 0.1) is 5.92 Å². The van der Waals surface area contributed by atoms with E-state index in [4.69, 9.17) is 11.6 Å². The quantitative estimate of drug-likeness (QED) is 0.785. The Balaban J connectivity index is 2.04. The van der Waals surface area contributed by atoms with Crippen molar-refractivity contribution < 1.29 is 9.59 Å². The second kappa shape index (κ2) is 6.89. The molecule has 2 amide bonds. The molecule has 0 aliphatic carbocycles. The number of anilines is 2. The molecular formula is C19H17ClN2O2. The van der Waals surface area contributed by atoms with Crippen molar-refractivity contribution in [3.05, 3.63) is 71.8 Å². The minimum atomic E-state index is -0.765. The summed E-state index contributed by atoms with van der Waals surface area (Å²) in [6.07, 6.45) is 2.00. The molecule has 0 N–H and O–H groups in total. The number of amides is 2. The van der Waals surface area contributed by atoms with Crippen LogP contribution in [0.4, 0.5) is 11.4 Å². The third-order valence-electron chi connectivity index (χ3n) is 3.85. The van der Waals surface area contributed by atoms with E-state index >= 15 is 0 Å². The monoisotopic (exact) mass is 340 g/mol. The maximum absolute atomic E-state index is 12.9. The SMILES string of the molecule is CC(Cl)=CCC1C(=O)N(c2ccccc2)N(c2ccccc2)C1=O. The molecule has 2 aromatic carbocycles. The zero-order chi connectivity index (χ0) is 17.1.